The van der Waals surface area contributed by atoms with Crippen LogP contribution in [0.25, 0.3) is 0 Å². The van der Waals surface area contributed by atoms with Crippen molar-refractivity contribution in [3.05, 3.63) is 54.1 Å². The fourth-order valence-corrected chi connectivity index (χ4v) is 2.33. The van der Waals surface area contributed by atoms with Crippen molar-refractivity contribution in [2.45, 2.75) is 39.0 Å². The van der Waals surface area contributed by atoms with E-state index in [0.717, 1.165) is 17.8 Å². The Morgan fingerprint density at radius 2 is 1.75 bits per heavy atom. The largest absolute Gasteiger partial charge is 0.508 e. The Balaban J connectivity index is 2.07. The Morgan fingerprint density at radius 3 is 2.50 bits per heavy atom. The standard InChI is InChI=1S/C18H23NO/c1-2-3-4-6-9-15-14-17(20)12-13-18(15)19-16-10-7-5-8-11-16/h5,7-8,10-14,19-20H,2-4,6,9H2,1H3. The van der Waals surface area contributed by atoms with Crippen molar-refractivity contribution in [2.75, 3.05) is 5.32 Å². The number of para-hydroxylation sites is 1. The number of aryl methyl sites for hydroxylation is 1. The Bertz CT molecular complexity index is 522. The summed E-state index contributed by atoms with van der Waals surface area (Å²) in [5.41, 5.74) is 3.35. The normalized spacial score (nSPS) is 10.4. The van der Waals surface area contributed by atoms with E-state index < -0.39 is 0 Å². The molecule has 2 nitrogen and oxygen atoms in total. The number of hydrogen-bond donors (Lipinski definition) is 2. The van der Waals surface area contributed by atoms with Crippen molar-refractivity contribution < 1.29 is 5.11 Å². The van der Waals surface area contributed by atoms with Gasteiger partial charge in [-0.15, -0.1) is 0 Å². The fourth-order valence-electron chi connectivity index (χ4n) is 2.33. The Kier molecular flexibility index (Phi) is 5.48. The number of anilines is 2. The summed E-state index contributed by atoms with van der Waals surface area (Å²) in [6.07, 6.45) is 5.94. The topological polar surface area (TPSA) is 32.3 Å². The van der Waals surface area contributed by atoms with Gasteiger partial charge in [-0.25, -0.2) is 0 Å². The van der Waals surface area contributed by atoms with Crippen LogP contribution in [0.1, 0.15) is 38.2 Å². The van der Waals surface area contributed by atoms with Gasteiger partial charge in [0.15, 0.2) is 0 Å². The summed E-state index contributed by atoms with van der Waals surface area (Å²) in [7, 11) is 0. The van der Waals surface area contributed by atoms with Gasteiger partial charge >= 0.3 is 0 Å². The molecule has 0 aromatic heterocycles. The molecule has 0 amide bonds. The molecule has 0 saturated heterocycles. The molecule has 106 valence electrons. The van der Waals surface area contributed by atoms with Gasteiger partial charge in [0.25, 0.3) is 0 Å². The third kappa shape index (κ3) is 4.30. The van der Waals surface area contributed by atoms with Crippen LogP contribution in [-0.2, 0) is 6.42 Å². The van der Waals surface area contributed by atoms with Gasteiger partial charge in [0, 0.05) is 11.4 Å². The van der Waals surface area contributed by atoms with Crippen LogP contribution in [-0.4, -0.2) is 5.11 Å². The molecule has 0 saturated carbocycles. The van der Waals surface area contributed by atoms with Gasteiger partial charge in [0.05, 0.1) is 0 Å². The molecule has 0 fully saturated rings. The molecular weight excluding hydrogens is 246 g/mol. The minimum Gasteiger partial charge on any atom is -0.508 e. The average molecular weight is 269 g/mol. The number of phenolic OH excluding ortho intramolecular Hbond substituents is 1. The highest BCUT2D eigenvalue weighted by Gasteiger charge is 2.04. The number of hydrogen-bond acceptors (Lipinski definition) is 2. The molecule has 0 bridgehead atoms. The molecule has 2 rings (SSSR count). The number of nitrogens with one attached hydrogen (secondary N) is 1. The van der Waals surface area contributed by atoms with E-state index in [1.54, 1.807) is 6.07 Å². The molecule has 2 aromatic carbocycles. The van der Waals surface area contributed by atoms with Crippen molar-refractivity contribution in [3.8, 4) is 5.75 Å². The van der Waals surface area contributed by atoms with Gasteiger partial charge < -0.3 is 10.4 Å². The van der Waals surface area contributed by atoms with Gasteiger partial charge in [0.2, 0.25) is 0 Å². The van der Waals surface area contributed by atoms with Crippen LogP contribution in [0.4, 0.5) is 11.4 Å². The maximum Gasteiger partial charge on any atom is 0.116 e. The van der Waals surface area contributed by atoms with E-state index in [2.05, 4.69) is 12.2 Å². The van der Waals surface area contributed by atoms with Crippen LogP contribution in [0.3, 0.4) is 0 Å². The molecule has 0 unspecified atom stereocenters. The smallest absolute Gasteiger partial charge is 0.116 e. The van der Waals surface area contributed by atoms with E-state index in [4.69, 9.17) is 0 Å². The lowest BCUT2D eigenvalue weighted by Gasteiger charge is -2.12. The molecule has 0 spiro atoms. The van der Waals surface area contributed by atoms with Crippen LogP contribution in [0.2, 0.25) is 0 Å². The zero-order chi connectivity index (χ0) is 14.2. The highest BCUT2D eigenvalue weighted by Crippen LogP contribution is 2.26. The Hall–Kier alpha value is -1.96. The summed E-state index contributed by atoms with van der Waals surface area (Å²) in [5.74, 6) is 0.342. The lowest BCUT2D eigenvalue weighted by molar-refractivity contribution is 0.474. The summed E-state index contributed by atoms with van der Waals surface area (Å²) < 4.78 is 0. The molecule has 0 radical (unpaired) electrons. The van der Waals surface area contributed by atoms with Crippen molar-refractivity contribution in [3.63, 3.8) is 0 Å². The van der Waals surface area contributed by atoms with Gasteiger partial charge in [-0.05, 0) is 48.7 Å². The maximum atomic E-state index is 9.68. The number of phenols is 1. The first-order valence-corrected chi connectivity index (χ1v) is 7.43. The molecule has 2 N–H and O–H groups in total. The van der Waals surface area contributed by atoms with Gasteiger partial charge in [0.1, 0.15) is 5.75 Å². The zero-order valence-corrected chi connectivity index (χ0v) is 12.1. The number of rotatable bonds is 7. The van der Waals surface area contributed by atoms with Crippen molar-refractivity contribution in [1.29, 1.82) is 0 Å². The Labute approximate surface area is 121 Å². The second-order valence-corrected chi connectivity index (χ2v) is 5.14. The molecule has 0 heterocycles. The predicted octanol–water partition coefficient (Wildman–Crippen LogP) is 5.26. The third-order valence-electron chi connectivity index (χ3n) is 3.44. The van der Waals surface area contributed by atoms with Gasteiger partial charge in [-0.1, -0.05) is 44.4 Å². The van der Waals surface area contributed by atoms with Crippen molar-refractivity contribution in [1.82, 2.24) is 0 Å². The fraction of sp³-hybridized carbons (Fsp3) is 0.333. The Morgan fingerprint density at radius 1 is 0.950 bits per heavy atom. The minimum atomic E-state index is 0.342. The van der Waals surface area contributed by atoms with Crippen LogP contribution < -0.4 is 5.32 Å². The first kappa shape index (κ1) is 14.4. The van der Waals surface area contributed by atoms with E-state index in [1.165, 1.54) is 31.2 Å². The van der Waals surface area contributed by atoms with Gasteiger partial charge in [-0.2, -0.15) is 0 Å². The second-order valence-electron chi connectivity index (χ2n) is 5.14. The third-order valence-corrected chi connectivity index (χ3v) is 3.44. The minimum absolute atomic E-state index is 0.342. The SMILES string of the molecule is CCCCCCc1cc(O)ccc1Nc1ccccc1. The maximum absolute atomic E-state index is 9.68. The lowest BCUT2D eigenvalue weighted by Crippen LogP contribution is -1.96. The van der Waals surface area contributed by atoms with Crippen molar-refractivity contribution in [2.24, 2.45) is 0 Å². The summed E-state index contributed by atoms with van der Waals surface area (Å²) in [4.78, 5) is 0. The van der Waals surface area contributed by atoms with Crippen LogP contribution in [0, 0.1) is 0 Å². The molecule has 0 aliphatic heterocycles. The van der Waals surface area contributed by atoms with Crippen LogP contribution >= 0.6 is 0 Å². The molecule has 0 aliphatic rings. The van der Waals surface area contributed by atoms with E-state index in [9.17, 15) is 5.11 Å². The first-order chi connectivity index (χ1) is 9.79. The number of unbranched alkanes of at least 4 members (excludes halogenated alkanes) is 3. The highest BCUT2D eigenvalue weighted by molar-refractivity contribution is 5.64. The van der Waals surface area contributed by atoms with Crippen LogP contribution in [0.5, 0.6) is 5.75 Å². The van der Waals surface area contributed by atoms with E-state index >= 15 is 0 Å². The average Bonchev–Trinajstić information content (AvgIpc) is 2.47. The second kappa shape index (κ2) is 7.59. The summed E-state index contributed by atoms with van der Waals surface area (Å²) in [6, 6.07) is 15.7. The van der Waals surface area contributed by atoms with Crippen molar-refractivity contribution >= 4 is 11.4 Å². The zero-order valence-electron chi connectivity index (χ0n) is 12.1. The lowest BCUT2D eigenvalue weighted by atomic mass is 10.0. The summed E-state index contributed by atoms with van der Waals surface area (Å²) >= 11 is 0. The molecule has 20 heavy (non-hydrogen) atoms. The molecule has 2 aromatic rings. The number of benzene rings is 2. The quantitative estimate of drug-likeness (QED) is 0.531. The van der Waals surface area contributed by atoms with E-state index in [1.807, 2.05) is 42.5 Å². The highest BCUT2D eigenvalue weighted by atomic mass is 16.3. The number of aromatic hydroxyl groups is 1. The summed E-state index contributed by atoms with van der Waals surface area (Å²) in [5, 5.41) is 13.1. The van der Waals surface area contributed by atoms with E-state index in [-0.39, 0.29) is 0 Å². The first-order valence-electron chi connectivity index (χ1n) is 7.43. The molecule has 0 aliphatic carbocycles. The van der Waals surface area contributed by atoms with E-state index in [0.29, 0.717) is 5.75 Å². The molecular formula is C18H23NO. The monoisotopic (exact) mass is 269 g/mol. The summed E-state index contributed by atoms with van der Waals surface area (Å²) in [6.45, 7) is 2.22. The molecule has 0 atom stereocenters. The van der Waals surface area contributed by atoms with Crippen LogP contribution in [0.15, 0.2) is 48.5 Å². The molecule has 2 heteroatoms. The van der Waals surface area contributed by atoms with Gasteiger partial charge in [-0.3, -0.25) is 0 Å². The predicted molar refractivity (Wildman–Crippen MR) is 85.7 cm³/mol.